The molecular weight excluding hydrogens is 292 g/mol. The second kappa shape index (κ2) is 6.14. The first-order valence-electron chi connectivity index (χ1n) is 8.07. The van der Waals surface area contributed by atoms with Crippen LogP contribution in [0.2, 0.25) is 0 Å². The van der Waals surface area contributed by atoms with E-state index in [4.69, 9.17) is 0 Å². The van der Waals surface area contributed by atoms with E-state index in [2.05, 4.69) is 10.3 Å². The van der Waals surface area contributed by atoms with Gasteiger partial charge in [0.25, 0.3) is 0 Å². The number of carbonyl (C=O) groups is 2. The van der Waals surface area contributed by atoms with Gasteiger partial charge in [-0.3, -0.25) is 14.6 Å². The molecule has 3 rings (SSSR count). The van der Waals surface area contributed by atoms with E-state index in [1.807, 2.05) is 26.0 Å². The molecule has 122 valence electrons. The van der Waals surface area contributed by atoms with Crippen molar-refractivity contribution in [2.75, 3.05) is 0 Å². The molecule has 23 heavy (non-hydrogen) atoms. The van der Waals surface area contributed by atoms with Gasteiger partial charge in [-0.15, -0.1) is 0 Å². The predicted molar refractivity (Wildman–Crippen MR) is 85.3 cm³/mol. The summed E-state index contributed by atoms with van der Waals surface area (Å²) in [4.78, 5) is 28.4. The molecule has 0 radical (unpaired) electrons. The molecule has 5 nitrogen and oxygen atoms in total. The monoisotopic (exact) mass is 314 g/mol. The summed E-state index contributed by atoms with van der Waals surface area (Å²) >= 11 is 0. The summed E-state index contributed by atoms with van der Waals surface area (Å²) in [6.45, 7) is 4.46. The first-order valence-corrected chi connectivity index (χ1v) is 8.07. The molecule has 2 aliphatic rings. The molecule has 0 spiro atoms. The molecule has 1 aromatic heterocycles. The zero-order chi connectivity index (χ0) is 16.6. The van der Waals surface area contributed by atoms with Gasteiger partial charge in [-0.1, -0.05) is 11.1 Å². The summed E-state index contributed by atoms with van der Waals surface area (Å²) in [5, 5.41) is 12.5. The Kier molecular flexibility index (Phi) is 4.20. The number of allylic oxidation sites excluding steroid dienone is 2. The van der Waals surface area contributed by atoms with E-state index < -0.39 is 17.8 Å². The minimum Gasteiger partial charge on any atom is -0.481 e. The molecule has 2 N–H and O–H groups in total. The van der Waals surface area contributed by atoms with Crippen molar-refractivity contribution in [3.63, 3.8) is 0 Å². The fraction of sp³-hybridized carbons (Fsp3) is 0.500. The summed E-state index contributed by atoms with van der Waals surface area (Å²) in [7, 11) is 0. The maximum absolute atomic E-state index is 12.7. The Labute approximate surface area is 135 Å². The lowest BCUT2D eigenvalue weighted by Gasteiger charge is -2.26. The molecular formula is C18H22N2O3. The standard InChI is InChI=1S/C18H22N2O3/c1-10(2)14-12-3-4-13(14)16(18(22)23)15(12)17(21)20-9-11-5-7-19-8-6-11/h5-8,12-13,15-16H,3-4,9H2,1-2H3,(H,20,21)(H,22,23)/t12-,13-,15-,16-/m1/s1. The topological polar surface area (TPSA) is 79.3 Å². The minimum absolute atomic E-state index is 0.0270. The normalized spacial score (nSPS) is 28.7. The van der Waals surface area contributed by atoms with Gasteiger partial charge >= 0.3 is 5.97 Å². The minimum atomic E-state index is -0.847. The number of hydrogen-bond donors (Lipinski definition) is 2. The van der Waals surface area contributed by atoms with Crippen LogP contribution in [-0.2, 0) is 16.1 Å². The highest BCUT2D eigenvalue weighted by Gasteiger charge is 2.57. The maximum atomic E-state index is 12.7. The fourth-order valence-electron chi connectivity index (χ4n) is 4.41. The number of carboxylic acids is 1. The first-order chi connectivity index (χ1) is 11.0. The van der Waals surface area contributed by atoms with Crippen LogP contribution in [0.5, 0.6) is 0 Å². The maximum Gasteiger partial charge on any atom is 0.307 e. The van der Waals surface area contributed by atoms with Crippen LogP contribution < -0.4 is 5.32 Å². The lowest BCUT2D eigenvalue weighted by Crippen LogP contribution is -2.41. The highest BCUT2D eigenvalue weighted by Crippen LogP contribution is 2.57. The largest absolute Gasteiger partial charge is 0.481 e. The van der Waals surface area contributed by atoms with Crippen molar-refractivity contribution in [3.05, 3.63) is 41.2 Å². The van der Waals surface area contributed by atoms with Gasteiger partial charge in [-0.25, -0.2) is 0 Å². The van der Waals surface area contributed by atoms with Gasteiger partial charge in [0.2, 0.25) is 5.91 Å². The summed E-state index contributed by atoms with van der Waals surface area (Å²) < 4.78 is 0. The van der Waals surface area contributed by atoms with Crippen LogP contribution in [0.1, 0.15) is 32.3 Å². The van der Waals surface area contributed by atoms with Crippen LogP contribution in [0.15, 0.2) is 35.7 Å². The van der Waals surface area contributed by atoms with Gasteiger partial charge in [0.15, 0.2) is 0 Å². The molecule has 2 aliphatic carbocycles. The average Bonchev–Trinajstić information content (AvgIpc) is 3.09. The van der Waals surface area contributed by atoms with Crippen molar-refractivity contribution in [2.24, 2.45) is 23.7 Å². The molecule has 2 fully saturated rings. The fourth-order valence-corrected chi connectivity index (χ4v) is 4.41. The van der Waals surface area contributed by atoms with Crippen LogP contribution in [0, 0.1) is 23.7 Å². The molecule has 5 heteroatoms. The van der Waals surface area contributed by atoms with E-state index in [0.29, 0.717) is 6.54 Å². The zero-order valence-corrected chi connectivity index (χ0v) is 13.5. The summed E-state index contributed by atoms with van der Waals surface area (Å²) in [5.74, 6) is -1.91. The number of hydrogen-bond acceptors (Lipinski definition) is 3. The molecule has 4 atom stereocenters. The zero-order valence-electron chi connectivity index (χ0n) is 13.5. The van der Waals surface area contributed by atoms with Crippen LogP contribution in [0.3, 0.4) is 0 Å². The van der Waals surface area contributed by atoms with E-state index in [-0.39, 0.29) is 17.7 Å². The molecule has 1 aromatic rings. The van der Waals surface area contributed by atoms with Crippen LogP contribution in [0.4, 0.5) is 0 Å². The Bertz CT molecular complexity index is 649. The lowest BCUT2D eigenvalue weighted by atomic mass is 9.78. The van der Waals surface area contributed by atoms with E-state index in [9.17, 15) is 14.7 Å². The number of aliphatic carboxylic acids is 1. The predicted octanol–water partition coefficient (Wildman–Crippen LogP) is 2.39. The molecule has 0 saturated heterocycles. The highest BCUT2D eigenvalue weighted by molar-refractivity contribution is 5.87. The van der Waals surface area contributed by atoms with Gasteiger partial charge in [-0.2, -0.15) is 0 Å². The van der Waals surface area contributed by atoms with Gasteiger partial charge in [0, 0.05) is 18.9 Å². The number of rotatable bonds is 4. The molecule has 1 amide bonds. The average molecular weight is 314 g/mol. The quantitative estimate of drug-likeness (QED) is 0.836. The molecule has 1 heterocycles. The van der Waals surface area contributed by atoms with Gasteiger partial charge < -0.3 is 10.4 Å². The number of fused-ring (bicyclic) bond motifs is 2. The Morgan fingerprint density at radius 2 is 1.78 bits per heavy atom. The third kappa shape index (κ3) is 2.76. The SMILES string of the molecule is CC(C)=C1[C@H]2CC[C@H]1[C@@H](C(=O)NCc1ccncc1)[C@@H]2C(=O)O. The van der Waals surface area contributed by atoms with Crippen molar-refractivity contribution in [3.8, 4) is 0 Å². The Hall–Kier alpha value is -2.17. The smallest absolute Gasteiger partial charge is 0.307 e. The van der Waals surface area contributed by atoms with E-state index in [1.165, 1.54) is 11.1 Å². The highest BCUT2D eigenvalue weighted by atomic mass is 16.4. The van der Waals surface area contributed by atoms with Crippen LogP contribution in [-0.4, -0.2) is 22.0 Å². The third-order valence-electron chi connectivity index (χ3n) is 5.22. The molecule has 0 aliphatic heterocycles. The number of nitrogens with zero attached hydrogens (tertiary/aromatic N) is 1. The third-order valence-corrected chi connectivity index (χ3v) is 5.22. The number of carbonyl (C=O) groups excluding carboxylic acids is 1. The Balaban J connectivity index is 1.79. The molecule has 2 bridgehead atoms. The Morgan fingerprint density at radius 3 is 2.35 bits per heavy atom. The first kappa shape index (κ1) is 15.7. The Morgan fingerprint density at radius 1 is 1.17 bits per heavy atom. The van der Waals surface area contributed by atoms with Crippen molar-refractivity contribution in [1.82, 2.24) is 10.3 Å². The number of nitrogens with one attached hydrogen (secondary N) is 1. The molecule has 2 saturated carbocycles. The van der Waals surface area contributed by atoms with E-state index in [0.717, 1.165) is 18.4 Å². The summed E-state index contributed by atoms with van der Waals surface area (Å²) in [6, 6.07) is 3.69. The van der Waals surface area contributed by atoms with Crippen molar-refractivity contribution in [2.45, 2.75) is 33.2 Å². The van der Waals surface area contributed by atoms with Gasteiger partial charge in [0.05, 0.1) is 11.8 Å². The van der Waals surface area contributed by atoms with Crippen LogP contribution in [0.25, 0.3) is 0 Å². The van der Waals surface area contributed by atoms with Gasteiger partial charge in [-0.05, 0) is 56.2 Å². The van der Waals surface area contributed by atoms with Crippen LogP contribution >= 0.6 is 0 Å². The van der Waals surface area contributed by atoms with Crippen molar-refractivity contribution < 1.29 is 14.7 Å². The second-order valence-corrected chi connectivity index (χ2v) is 6.71. The summed E-state index contributed by atoms with van der Waals surface area (Å²) in [5.41, 5.74) is 3.35. The molecule has 0 unspecified atom stereocenters. The van der Waals surface area contributed by atoms with E-state index >= 15 is 0 Å². The second-order valence-electron chi connectivity index (χ2n) is 6.71. The lowest BCUT2D eigenvalue weighted by molar-refractivity contribution is -0.149. The van der Waals surface area contributed by atoms with Crippen molar-refractivity contribution >= 4 is 11.9 Å². The van der Waals surface area contributed by atoms with E-state index in [1.54, 1.807) is 12.4 Å². The molecule has 0 aromatic carbocycles. The van der Waals surface area contributed by atoms with Gasteiger partial charge in [0.1, 0.15) is 0 Å². The van der Waals surface area contributed by atoms with Crippen molar-refractivity contribution in [1.29, 1.82) is 0 Å². The number of carboxylic acid groups (broad SMARTS) is 1. The number of aromatic nitrogens is 1. The number of pyridine rings is 1. The summed E-state index contributed by atoms with van der Waals surface area (Å²) in [6.07, 6.45) is 5.17. The number of amides is 1.